The van der Waals surface area contributed by atoms with Crippen molar-refractivity contribution in [2.24, 2.45) is 0 Å². The number of carbonyl (C=O) groups excluding carboxylic acids is 1. The lowest BCUT2D eigenvalue weighted by molar-refractivity contribution is 0.0777. The molecule has 0 unspecified atom stereocenters. The van der Waals surface area contributed by atoms with Gasteiger partial charge in [0.1, 0.15) is 11.3 Å². The third-order valence-electron chi connectivity index (χ3n) is 5.31. The van der Waals surface area contributed by atoms with Gasteiger partial charge in [0.05, 0.1) is 36.7 Å². The molecule has 6 nitrogen and oxygen atoms in total. The van der Waals surface area contributed by atoms with Gasteiger partial charge in [-0.3, -0.25) is 9.78 Å². The second kappa shape index (κ2) is 6.70. The number of fused-ring (bicyclic) bond motifs is 2. The third kappa shape index (κ3) is 2.96. The van der Waals surface area contributed by atoms with Crippen molar-refractivity contribution in [2.75, 3.05) is 37.7 Å². The number of benzene rings is 1. The minimum Gasteiger partial charge on any atom is -0.461 e. The number of furan rings is 1. The van der Waals surface area contributed by atoms with Crippen LogP contribution in [0.2, 0.25) is 0 Å². The predicted molar refractivity (Wildman–Crippen MR) is 102 cm³/mol. The molecule has 0 radical (unpaired) electrons. The maximum atomic E-state index is 13.1. The number of nitrogens with zero attached hydrogens (tertiary/aromatic N) is 3. The highest BCUT2D eigenvalue weighted by Crippen LogP contribution is 2.31. The monoisotopic (exact) mass is 363 g/mol. The van der Waals surface area contributed by atoms with Gasteiger partial charge in [-0.2, -0.15) is 0 Å². The summed E-state index contributed by atoms with van der Waals surface area (Å²) in [5, 5.41) is 1.10. The molecule has 0 aliphatic carbocycles. The summed E-state index contributed by atoms with van der Waals surface area (Å²) in [6.45, 7) is 4.19. The molecule has 4 heterocycles. The molecule has 2 aliphatic rings. The topological polar surface area (TPSA) is 58.8 Å². The summed E-state index contributed by atoms with van der Waals surface area (Å²) in [6, 6.07) is 12.0. The van der Waals surface area contributed by atoms with E-state index in [9.17, 15) is 4.79 Å². The number of carbonyl (C=O) groups is 1. The van der Waals surface area contributed by atoms with E-state index in [0.717, 1.165) is 46.8 Å². The Hall–Kier alpha value is -2.86. The van der Waals surface area contributed by atoms with Crippen molar-refractivity contribution >= 4 is 22.6 Å². The number of para-hydroxylation sites is 1. The number of ether oxygens (including phenoxy) is 1. The van der Waals surface area contributed by atoms with Gasteiger partial charge in [0, 0.05) is 37.6 Å². The lowest BCUT2D eigenvalue weighted by Crippen LogP contribution is -2.37. The molecule has 2 aliphatic heterocycles. The number of amides is 1. The van der Waals surface area contributed by atoms with Crippen molar-refractivity contribution in [3.8, 4) is 0 Å². The van der Waals surface area contributed by atoms with E-state index in [2.05, 4.69) is 16.0 Å². The van der Waals surface area contributed by atoms with Gasteiger partial charge in [-0.1, -0.05) is 18.2 Å². The molecule has 5 rings (SSSR count). The fraction of sp³-hybridized carbons (Fsp3) is 0.333. The van der Waals surface area contributed by atoms with Gasteiger partial charge in [0.2, 0.25) is 0 Å². The molecule has 0 spiro atoms. The molecular formula is C21H21N3O3. The summed E-state index contributed by atoms with van der Waals surface area (Å²) < 4.78 is 11.3. The molecule has 1 fully saturated rings. The second-order valence-electron chi connectivity index (χ2n) is 6.98. The Labute approximate surface area is 157 Å². The lowest BCUT2D eigenvalue weighted by atomic mass is 10.1. The molecule has 0 N–H and O–H groups in total. The fourth-order valence-electron chi connectivity index (χ4n) is 3.91. The van der Waals surface area contributed by atoms with Crippen molar-refractivity contribution in [3.05, 3.63) is 59.6 Å². The van der Waals surface area contributed by atoms with Gasteiger partial charge < -0.3 is 19.0 Å². The summed E-state index contributed by atoms with van der Waals surface area (Å²) in [6.07, 6.45) is 2.50. The third-order valence-corrected chi connectivity index (χ3v) is 5.31. The van der Waals surface area contributed by atoms with Crippen molar-refractivity contribution < 1.29 is 13.9 Å². The van der Waals surface area contributed by atoms with Crippen LogP contribution >= 0.6 is 0 Å². The van der Waals surface area contributed by atoms with Crippen molar-refractivity contribution in [1.29, 1.82) is 0 Å². The Balaban J connectivity index is 1.34. The number of anilines is 1. The Morgan fingerprint density at radius 1 is 1.11 bits per heavy atom. The van der Waals surface area contributed by atoms with E-state index in [1.807, 2.05) is 35.2 Å². The van der Waals surface area contributed by atoms with E-state index in [1.165, 1.54) is 0 Å². The average molecular weight is 363 g/mol. The predicted octanol–water partition coefficient (Wildman–Crippen LogP) is 2.86. The van der Waals surface area contributed by atoms with E-state index in [0.29, 0.717) is 32.7 Å². The maximum absolute atomic E-state index is 13.1. The summed E-state index contributed by atoms with van der Waals surface area (Å²) in [4.78, 5) is 21.6. The fourth-order valence-corrected chi connectivity index (χ4v) is 3.91. The van der Waals surface area contributed by atoms with Gasteiger partial charge >= 0.3 is 0 Å². The molecule has 1 saturated heterocycles. The summed E-state index contributed by atoms with van der Waals surface area (Å²) in [7, 11) is 0. The standard InChI is InChI=1S/C21H21N3O3/c25-21-20-17(22-7-5-18(20)23-9-11-26-12-10-23)14-24(21)8-6-16-13-15-3-1-2-4-19(15)27-16/h1-5,7,13H,6,8-12,14H2. The largest absolute Gasteiger partial charge is 0.461 e. The second-order valence-corrected chi connectivity index (χ2v) is 6.98. The van der Waals surface area contributed by atoms with Crippen molar-refractivity contribution in [2.45, 2.75) is 13.0 Å². The number of hydrogen-bond acceptors (Lipinski definition) is 5. The van der Waals surface area contributed by atoms with Crippen LogP contribution in [0.3, 0.4) is 0 Å². The molecule has 1 amide bonds. The molecule has 27 heavy (non-hydrogen) atoms. The Bertz CT molecular complexity index is 958. The van der Waals surface area contributed by atoms with Crippen LogP contribution in [0, 0.1) is 0 Å². The highest BCUT2D eigenvalue weighted by atomic mass is 16.5. The van der Waals surface area contributed by atoms with Crippen LogP contribution in [-0.4, -0.2) is 48.6 Å². The number of rotatable bonds is 4. The minimum absolute atomic E-state index is 0.0655. The molecule has 2 aromatic heterocycles. The quantitative estimate of drug-likeness (QED) is 0.713. The first-order valence-corrected chi connectivity index (χ1v) is 9.37. The van der Waals surface area contributed by atoms with Crippen LogP contribution in [0.1, 0.15) is 21.8 Å². The van der Waals surface area contributed by atoms with Gasteiger partial charge in [0.15, 0.2) is 0 Å². The number of pyridine rings is 1. The van der Waals surface area contributed by atoms with Gasteiger partial charge in [-0.25, -0.2) is 0 Å². The Kier molecular flexibility index (Phi) is 4.05. The number of morpholine rings is 1. The van der Waals surface area contributed by atoms with Crippen LogP contribution in [0.25, 0.3) is 11.0 Å². The molecule has 6 heteroatoms. The smallest absolute Gasteiger partial charge is 0.258 e. The molecule has 3 aromatic rings. The maximum Gasteiger partial charge on any atom is 0.258 e. The van der Waals surface area contributed by atoms with Crippen LogP contribution in [0.5, 0.6) is 0 Å². The molecule has 0 saturated carbocycles. The van der Waals surface area contributed by atoms with E-state index in [1.54, 1.807) is 6.20 Å². The summed E-state index contributed by atoms with van der Waals surface area (Å²) in [5.74, 6) is 0.969. The molecule has 0 bridgehead atoms. The van der Waals surface area contributed by atoms with Gasteiger partial charge in [0.25, 0.3) is 5.91 Å². The minimum atomic E-state index is 0.0655. The van der Waals surface area contributed by atoms with Gasteiger partial charge in [-0.15, -0.1) is 0 Å². The van der Waals surface area contributed by atoms with E-state index in [-0.39, 0.29) is 5.91 Å². The van der Waals surface area contributed by atoms with Crippen molar-refractivity contribution in [3.63, 3.8) is 0 Å². The number of hydrogen-bond donors (Lipinski definition) is 0. The molecule has 0 atom stereocenters. The zero-order chi connectivity index (χ0) is 18.2. The normalized spacial score (nSPS) is 17.0. The first-order chi connectivity index (χ1) is 13.3. The SMILES string of the molecule is O=C1c2c(N3CCOCC3)ccnc2CN1CCc1cc2ccccc2o1. The number of aromatic nitrogens is 1. The zero-order valence-corrected chi connectivity index (χ0v) is 15.1. The van der Waals surface area contributed by atoms with Crippen molar-refractivity contribution in [1.82, 2.24) is 9.88 Å². The van der Waals surface area contributed by atoms with Crippen LogP contribution in [-0.2, 0) is 17.7 Å². The van der Waals surface area contributed by atoms with E-state index in [4.69, 9.17) is 9.15 Å². The average Bonchev–Trinajstić information content (AvgIpc) is 3.27. The lowest BCUT2D eigenvalue weighted by Gasteiger charge is -2.30. The molecule has 138 valence electrons. The first-order valence-electron chi connectivity index (χ1n) is 9.37. The molecule has 1 aromatic carbocycles. The Morgan fingerprint density at radius 3 is 2.81 bits per heavy atom. The first kappa shape index (κ1) is 16.3. The van der Waals surface area contributed by atoms with Crippen LogP contribution in [0.4, 0.5) is 5.69 Å². The van der Waals surface area contributed by atoms with Crippen LogP contribution in [0.15, 0.2) is 47.0 Å². The van der Waals surface area contributed by atoms with E-state index >= 15 is 0 Å². The highest BCUT2D eigenvalue weighted by Gasteiger charge is 2.32. The summed E-state index contributed by atoms with van der Waals surface area (Å²) in [5.41, 5.74) is 3.50. The zero-order valence-electron chi connectivity index (χ0n) is 15.1. The molecular weight excluding hydrogens is 342 g/mol. The van der Waals surface area contributed by atoms with E-state index < -0.39 is 0 Å². The van der Waals surface area contributed by atoms with Crippen LogP contribution < -0.4 is 4.90 Å². The highest BCUT2D eigenvalue weighted by molar-refractivity contribution is 6.03. The Morgan fingerprint density at radius 2 is 1.96 bits per heavy atom. The summed E-state index contributed by atoms with van der Waals surface area (Å²) >= 11 is 0. The van der Waals surface area contributed by atoms with Gasteiger partial charge in [-0.05, 0) is 18.2 Å².